The number of thiophene rings is 1. The van der Waals surface area contributed by atoms with Gasteiger partial charge in [0.2, 0.25) is 5.91 Å². The highest BCUT2D eigenvalue weighted by Crippen LogP contribution is 2.21. The number of amides is 1. The molecule has 0 aromatic carbocycles. The zero-order valence-corrected chi connectivity index (χ0v) is 12.3. The van der Waals surface area contributed by atoms with Crippen LogP contribution in [0.4, 0.5) is 0 Å². The summed E-state index contributed by atoms with van der Waals surface area (Å²) in [5, 5.41) is 8.44. The molecule has 1 amide bonds. The van der Waals surface area contributed by atoms with E-state index < -0.39 is 0 Å². The van der Waals surface area contributed by atoms with Crippen LogP contribution in [0.2, 0.25) is 0 Å². The van der Waals surface area contributed by atoms with Crippen molar-refractivity contribution in [1.29, 1.82) is 0 Å². The highest BCUT2D eigenvalue weighted by molar-refractivity contribution is 7.10. The average molecular weight is 268 g/mol. The lowest BCUT2D eigenvalue weighted by Crippen LogP contribution is -2.40. The van der Waals surface area contributed by atoms with Gasteiger partial charge in [-0.05, 0) is 30.7 Å². The second-order valence-corrected chi connectivity index (χ2v) is 5.42. The van der Waals surface area contributed by atoms with Crippen LogP contribution in [0.3, 0.4) is 0 Å². The molecule has 0 aliphatic rings. The third-order valence-corrected chi connectivity index (χ3v) is 4.14. The summed E-state index contributed by atoms with van der Waals surface area (Å²) in [7, 11) is 0. The van der Waals surface area contributed by atoms with E-state index in [1.165, 1.54) is 4.88 Å². The molecule has 0 spiro atoms. The van der Waals surface area contributed by atoms with Crippen molar-refractivity contribution in [3.05, 3.63) is 22.4 Å². The lowest BCUT2D eigenvalue weighted by atomic mass is 10.1. The third-order valence-electron chi connectivity index (χ3n) is 3.15. The highest BCUT2D eigenvalue weighted by Gasteiger charge is 2.13. The largest absolute Gasteiger partial charge is 0.352 e. The quantitative estimate of drug-likeness (QED) is 0.760. The van der Waals surface area contributed by atoms with Crippen LogP contribution in [0, 0.1) is 0 Å². The van der Waals surface area contributed by atoms with Crippen molar-refractivity contribution in [2.24, 2.45) is 0 Å². The number of rotatable bonds is 8. The summed E-state index contributed by atoms with van der Waals surface area (Å²) < 4.78 is 0. The Balaban J connectivity index is 2.37. The topological polar surface area (TPSA) is 41.1 Å². The highest BCUT2D eigenvalue weighted by atomic mass is 32.1. The maximum absolute atomic E-state index is 11.8. The van der Waals surface area contributed by atoms with Crippen LogP contribution in [-0.4, -0.2) is 18.5 Å². The van der Waals surface area contributed by atoms with Gasteiger partial charge in [-0.15, -0.1) is 11.3 Å². The predicted molar refractivity (Wildman–Crippen MR) is 77.9 cm³/mol. The summed E-state index contributed by atoms with van der Waals surface area (Å²) in [6.07, 6.45) is 2.98. The van der Waals surface area contributed by atoms with Gasteiger partial charge in [-0.3, -0.25) is 4.79 Å². The molecule has 4 heteroatoms. The van der Waals surface area contributed by atoms with Crippen LogP contribution in [0.25, 0.3) is 0 Å². The first-order valence-corrected chi connectivity index (χ1v) is 7.65. The standard InChI is InChI=1S/C14H24N2OS/c1-4-11(5-2)16-14(17)10-15-12(6-3)13-8-7-9-18-13/h7-9,11-12,15H,4-6,10H2,1-3H3,(H,16,17). The molecule has 3 nitrogen and oxygen atoms in total. The average Bonchev–Trinajstić information content (AvgIpc) is 2.90. The van der Waals surface area contributed by atoms with Gasteiger partial charge in [0, 0.05) is 17.0 Å². The van der Waals surface area contributed by atoms with E-state index in [4.69, 9.17) is 0 Å². The van der Waals surface area contributed by atoms with Crippen LogP contribution >= 0.6 is 11.3 Å². The van der Waals surface area contributed by atoms with E-state index in [0.717, 1.165) is 19.3 Å². The zero-order chi connectivity index (χ0) is 13.4. The van der Waals surface area contributed by atoms with Crippen molar-refractivity contribution in [3.8, 4) is 0 Å². The van der Waals surface area contributed by atoms with Gasteiger partial charge in [0.25, 0.3) is 0 Å². The summed E-state index contributed by atoms with van der Waals surface area (Å²) in [6, 6.07) is 4.76. The van der Waals surface area contributed by atoms with E-state index >= 15 is 0 Å². The van der Waals surface area contributed by atoms with Crippen molar-refractivity contribution in [2.75, 3.05) is 6.54 Å². The molecule has 0 aliphatic heterocycles. The van der Waals surface area contributed by atoms with E-state index in [1.54, 1.807) is 11.3 Å². The van der Waals surface area contributed by atoms with Crippen molar-refractivity contribution in [3.63, 3.8) is 0 Å². The normalized spacial score (nSPS) is 12.7. The van der Waals surface area contributed by atoms with Gasteiger partial charge in [0.05, 0.1) is 6.54 Å². The second-order valence-electron chi connectivity index (χ2n) is 4.44. The molecule has 0 aliphatic carbocycles. The molecule has 1 heterocycles. The molecule has 102 valence electrons. The first-order valence-electron chi connectivity index (χ1n) is 6.77. The fraction of sp³-hybridized carbons (Fsp3) is 0.643. The van der Waals surface area contributed by atoms with Crippen LogP contribution < -0.4 is 10.6 Å². The Bertz CT molecular complexity index is 334. The minimum atomic E-state index is 0.0960. The predicted octanol–water partition coefficient (Wildman–Crippen LogP) is 3.09. The van der Waals surface area contributed by atoms with Gasteiger partial charge in [0.1, 0.15) is 0 Å². The van der Waals surface area contributed by atoms with Crippen LogP contribution in [-0.2, 0) is 4.79 Å². The maximum Gasteiger partial charge on any atom is 0.234 e. The fourth-order valence-electron chi connectivity index (χ4n) is 1.92. The van der Waals surface area contributed by atoms with Gasteiger partial charge in [-0.2, -0.15) is 0 Å². The first kappa shape index (κ1) is 15.2. The molecule has 0 bridgehead atoms. The summed E-state index contributed by atoms with van der Waals surface area (Å²) in [5.41, 5.74) is 0. The Morgan fingerprint density at radius 1 is 1.28 bits per heavy atom. The van der Waals surface area contributed by atoms with Crippen molar-refractivity contribution in [1.82, 2.24) is 10.6 Å². The number of nitrogens with one attached hydrogen (secondary N) is 2. The maximum atomic E-state index is 11.8. The number of hydrogen-bond donors (Lipinski definition) is 2. The molecule has 1 aromatic rings. The SMILES string of the molecule is CCC(CC)NC(=O)CNC(CC)c1cccs1. The van der Waals surface area contributed by atoms with E-state index in [1.807, 2.05) is 0 Å². The van der Waals surface area contributed by atoms with Gasteiger partial charge in [-0.25, -0.2) is 0 Å². The first-order chi connectivity index (χ1) is 8.71. The van der Waals surface area contributed by atoms with E-state index in [0.29, 0.717) is 12.6 Å². The van der Waals surface area contributed by atoms with Crippen molar-refractivity contribution >= 4 is 17.2 Å². The monoisotopic (exact) mass is 268 g/mol. The van der Waals surface area contributed by atoms with Crippen LogP contribution in [0.5, 0.6) is 0 Å². The molecule has 0 radical (unpaired) electrons. The van der Waals surface area contributed by atoms with Gasteiger partial charge >= 0.3 is 0 Å². The molecule has 2 N–H and O–H groups in total. The third kappa shape index (κ3) is 4.78. The molecule has 0 fully saturated rings. The Morgan fingerprint density at radius 2 is 2.00 bits per heavy atom. The van der Waals surface area contributed by atoms with Crippen LogP contribution in [0.15, 0.2) is 17.5 Å². The van der Waals surface area contributed by atoms with Gasteiger partial charge in [0.15, 0.2) is 0 Å². The molecule has 1 rings (SSSR count). The molecule has 0 saturated heterocycles. The molecule has 1 aromatic heterocycles. The Morgan fingerprint density at radius 3 is 2.50 bits per heavy atom. The molecular weight excluding hydrogens is 244 g/mol. The summed E-state index contributed by atoms with van der Waals surface area (Å²) in [6.45, 7) is 6.73. The summed E-state index contributed by atoms with van der Waals surface area (Å²) >= 11 is 1.74. The summed E-state index contributed by atoms with van der Waals surface area (Å²) in [4.78, 5) is 13.1. The number of carbonyl (C=O) groups is 1. The Kier molecular flexibility index (Phi) is 6.98. The Labute approximate surface area is 114 Å². The smallest absolute Gasteiger partial charge is 0.234 e. The lowest BCUT2D eigenvalue weighted by molar-refractivity contribution is -0.121. The van der Waals surface area contributed by atoms with Gasteiger partial charge in [-0.1, -0.05) is 26.8 Å². The molecule has 1 atom stereocenters. The van der Waals surface area contributed by atoms with Crippen molar-refractivity contribution in [2.45, 2.75) is 52.1 Å². The Hall–Kier alpha value is -0.870. The molecule has 18 heavy (non-hydrogen) atoms. The van der Waals surface area contributed by atoms with E-state index in [-0.39, 0.29) is 11.9 Å². The second kappa shape index (κ2) is 8.27. The van der Waals surface area contributed by atoms with Crippen molar-refractivity contribution < 1.29 is 4.79 Å². The minimum absolute atomic E-state index is 0.0960. The number of carbonyl (C=O) groups excluding carboxylic acids is 1. The lowest BCUT2D eigenvalue weighted by Gasteiger charge is -2.18. The van der Waals surface area contributed by atoms with Crippen LogP contribution in [0.1, 0.15) is 51.0 Å². The zero-order valence-electron chi connectivity index (χ0n) is 11.5. The molecule has 0 saturated carbocycles. The van der Waals surface area contributed by atoms with Gasteiger partial charge < -0.3 is 10.6 Å². The van der Waals surface area contributed by atoms with E-state index in [9.17, 15) is 4.79 Å². The van der Waals surface area contributed by atoms with E-state index in [2.05, 4.69) is 48.9 Å². The molecule has 1 unspecified atom stereocenters. The minimum Gasteiger partial charge on any atom is -0.352 e. The summed E-state index contributed by atoms with van der Waals surface area (Å²) in [5.74, 6) is 0.0960. The fourth-order valence-corrected chi connectivity index (χ4v) is 2.81. The number of hydrogen-bond acceptors (Lipinski definition) is 3. The molecular formula is C14H24N2OS.